The van der Waals surface area contributed by atoms with E-state index in [0.717, 1.165) is 5.69 Å². The molecule has 0 aliphatic heterocycles. The molecule has 0 N–H and O–H groups in total. The minimum absolute atomic E-state index is 0.304. The maximum absolute atomic E-state index is 5.35. The van der Waals surface area contributed by atoms with Gasteiger partial charge in [0.1, 0.15) is 0 Å². The van der Waals surface area contributed by atoms with Crippen LogP contribution in [0.15, 0.2) is 24.7 Å². The van der Waals surface area contributed by atoms with E-state index in [1.54, 1.807) is 18.6 Å². The van der Waals surface area contributed by atoms with Crippen molar-refractivity contribution >= 4 is 6.08 Å². The van der Waals surface area contributed by atoms with Crippen LogP contribution in [-0.4, -0.2) is 29.5 Å². The van der Waals surface area contributed by atoms with Crippen LogP contribution in [0.2, 0.25) is 0 Å². The predicted octanol–water partition coefficient (Wildman–Crippen LogP) is 1.89. The van der Waals surface area contributed by atoms with Gasteiger partial charge in [-0.15, -0.1) is 0 Å². The minimum Gasteiger partial charge on any atom is -0.349 e. The molecule has 0 saturated carbocycles. The van der Waals surface area contributed by atoms with E-state index in [9.17, 15) is 0 Å². The van der Waals surface area contributed by atoms with E-state index < -0.39 is 0 Å². The Morgan fingerprint density at radius 1 is 1.27 bits per heavy atom. The van der Waals surface area contributed by atoms with Gasteiger partial charge in [0.15, 0.2) is 6.29 Å². The lowest BCUT2D eigenvalue weighted by molar-refractivity contribution is -0.103. The van der Waals surface area contributed by atoms with Gasteiger partial charge in [0.05, 0.1) is 11.9 Å². The van der Waals surface area contributed by atoms with E-state index in [1.807, 2.05) is 26.0 Å². The maximum atomic E-state index is 5.35. The van der Waals surface area contributed by atoms with Crippen molar-refractivity contribution in [3.8, 4) is 0 Å². The fourth-order valence-electron chi connectivity index (χ4n) is 1.06. The molecule has 0 aliphatic rings. The Balaban J connectivity index is 2.53. The molecule has 1 heterocycles. The number of ether oxygens (including phenoxy) is 2. The van der Waals surface area contributed by atoms with Crippen molar-refractivity contribution in [2.24, 2.45) is 0 Å². The van der Waals surface area contributed by atoms with Gasteiger partial charge in [-0.1, -0.05) is 0 Å². The second kappa shape index (κ2) is 7.09. The van der Waals surface area contributed by atoms with E-state index in [-0.39, 0.29) is 6.29 Å². The van der Waals surface area contributed by atoms with Crippen molar-refractivity contribution in [3.63, 3.8) is 0 Å². The average Bonchev–Trinajstić information content (AvgIpc) is 2.28. The molecule has 1 aromatic rings. The summed E-state index contributed by atoms with van der Waals surface area (Å²) in [4.78, 5) is 8.07. The summed E-state index contributed by atoms with van der Waals surface area (Å²) in [7, 11) is 0. The highest BCUT2D eigenvalue weighted by Crippen LogP contribution is 2.01. The third-order valence-corrected chi connectivity index (χ3v) is 1.67. The average molecular weight is 208 g/mol. The third-order valence-electron chi connectivity index (χ3n) is 1.67. The van der Waals surface area contributed by atoms with Gasteiger partial charge in [-0.3, -0.25) is 9.97 Å². The van der Waals surface area contributed by atoms with Crippen molar-refractivity contribution in [1.29, 1.82) is 0 Å². The monoisotopic (exact) mass is 208 g/mol. The Kier molecular flexibility index (Phi) is 5.58. The van der Waals surface area contributed by atoms with Gasteiger partial charge in [0, 0.05) is 25.6 Å². The standard InChI is InChI=1S/C11H16N2O2/c1-3-14-11(15-4-2)6-5-10-9-12-7-8-13-10/h5-9,11H,3-4H2,1-2H3/b6-5+. The van der Waals surface area contributed by atoms with Gasteiger partial charge in [0.2, 0.25) is 0 Å². The highest BCUT2D eigenvalue weighted by atomic mass is 16.7. The first-order valence-corrected chi connectivity index (χ1v) is 5.04. The number of rotatable bonds is 6. The van der Waals surface area contributed by atoms with Crippen molar-refractivity contribution in [3.05, 3.63) is 30.4 Å². The Labute approximate surface area is 90.0 Å². The predicted molar refractivity (Wildman–Crippen MR) is 58.1 cm³/mol. The second-order valence-corrected chi connectivity index (χ2v) is 2.77. The lowest BCUT2D eigenvalue weighted by Gasteiger charge is -2.11. The summed E-state index contributed by atoms with van der Waals surface area (Å²) in [6.07, 6.45) is 8.34. The third kappa shape index (κ3) is 4.67. The van der Waals surface area contributed by atoms with Gasteiger partial charge in [-0.2, -0.15) is 0 Å². The van der Waals surface area contributed by atoms with Crippen molar-refractivity contribution in [2.75, 3.05) is 13.2 Å². The highest BCUT2D eigenvalue weighted by molar-refractivity contribution is 5.42. The number of hydrogen-bond donors (Lipinski definition) is 0. The van der Waals surface area contributed by atoms with Crippen LogP contribution in [0.4, 0.5) is 0 Å². The highest BCUT2D eigenvalue weighted by Gasteiger charge is 2.01. The van der Waals surface area contributed by atoms with Gasteiger partial charge in [-0.05, 0) is 26.0 Å². The van der Waals surface area contributed by atoms with Crippen molar-refractivity contribution in [1.82, 2.24) is 9.97 Å². The SMILES string of the molecule is CCOC(/C=C/c1cnccn1)OCC. The molecule has 0 amide bonds. The summed E-state index contributed by atoms with van der Waals surface area (Å²) < 4.78 is 10.7. The number of aromatic nitrogens is 2. The molecular formula is C11H16N2O2. The smallest absolute Gasteiger partial charge is 0.177 e. The summed E-state index contributed by atoms with van der Waals surface area (Å²) in [5.41, 5.74) is 0.793. The molecule has 4 heteroatoms. The van der Waals surface area contributed by atoms with Crippen LogP contribution in [0.25, 0.3) is 6.08 Å². The molecule has 82 valence electrons. The normalized spacial score (nSPS) is 11.4. The molecule has 0 atom stereocenters. The van der Waals surface area contributed by atoms with Crippen molar-refractivity contribution in [2.45, 2.75) is 20.1 Å². The van der Waals surface area contributed by atoms with Crippen LogP contribution in [-0.2, 0) is 9.47 Å². The zero-order valence-corrected chi connectivity index (χ0v) is 9.09. The molecule has 1 aromatic heterocycles. The Morgan fingerprint density at radius 3 is 2.53 bits per heavy atom. The fraction of sp³-hybridized carbons (Fsp3) is 0.455. The van der Waals surface area contributed by atoms with E-state index in [1.165, 1.54) is 0 Å². The quantitative estimate of drug-likeness (QED) is 0.670. The first-order valence-electron chi connectivity index (χ1n) is 5.04. The Hall–Kier alpha value is -1.26. The lowest BCUT2D eigenvalue weighted by Crippen LogP contribution is -2.14. The van der Waals surface area contributed by atoms with Crippen molar-refractivity contribution < 1.29 is 9.47 Å². The second-order valence-electron chi connectivity index (χ2n) is 2.77. The van der Waals surface area contributed by atoms with E-state index in [0.29, 0.717) is 13.2 Å². The Bertz CT molecular complexity index is 282. The van der Waals surface area contributed by atoms with E-state index >= 15 is 0 Å². The van der Waals surface area contributed by atoms with E-state index in [4.69, 9.17) is 9.47 Å². The number of nitrogens with zero attached hydrogens (tertiary/aromatic N) is 2. The first kappa shape index (κ1) is 11.8. The fourth-order valence-corrected chi connectivity index (χ4v) is 1.06. The maximum Gasteiger partial charge on any atom is 0.177 e. The van der Waals surface area contributed by atoms with Crippen LogP contribution in [0.3, 0.4) is 0 Å². The molecule has 0 spiro atoms. The van der Waals surface area contributed by atoms with Gasteiger partial charge < -0.3 is 9.47 Å². The summed E-state index contributed by atoms with van der Waals surface area (Å²) in [6.45, 7) is 5.11. The molecule has 4 nitrogen and oxygen atoms in total. The van der Waals surface area contributed by atoms with Gasteiger partial charge >= 0.3 is 0 Å². The van der Waals surface area contributed by atoms with Crippen LogP contribution in [0.5, 0.6) is 0 Å². The molecule has 0 aliphatic carbocycles. The minimum atomic E-state index is -0.304. The van der Waals surface area contributed by atoms with Crippen LogP contribution >= 0.6 is 0 Å². The molecule has 1 rings (SSSR count). The van der Waals surface area contributed by atoms with Gasteiger partial charge in [-0.25, -0.2) is 0 Å². The summed E-state index contributed by atoms with van der Waals surface area (Å²) >= 11 is 0. The lowest BCUT2D eigenvalue weighted by atomic mass is 10.4. The van der Waals surface area contributed by atoms with Crippen LogP contribution < -0.4 is 0 Å². The molecule has 0 aromatic carbocycles. The molecular weight excluding hydrogens is 192 g/mol. The van der Waals surface area contributed by atoms with E-state index in [2.05, 4.69) is 9.97 Å². The topological polar surface area (TPSA) is 44.2 Å². The molecule has 0 unspecified atom stereocenters. The summed E-state index contributed by atoms with van der Waals surface area (Å²) in [5.74, 6) is 0. The van der Waals surface area contributed by atoms with Crippen LogP contribution in [0.1, 0.15) is 19.5 Å². The molecule has 15 heavy (non-hydrogen) atoms. The largest absolute Gasteiger partial charge is 0.349 e. The summed E-state index contributed by atoms with van der Waals surface area (Å²) in [6, 6.07) is 0. The molecule has 0 bridgehead atoms. The Morgan fingerprint density at radius 2 is 2.00 bits per heavy atom. The zero-order valence-electron chi connectivity index (χ0n) is 9.09. The van der Waals surface area contributed by atoms with Crippen LogP contribution in [0, 0.1) is 0 Å². The first-order chi connectivity index (χ1) is 7.36. The summed E-state index contributed by atoms with van der Waals surface area (Å²) in [5, 5.41) is 0. The number of hydrogen-bond acceptors (Lipinski definition) is 4. The van der Waals surface area contributed by atoms with Gasteiger partial charge in [0.25, 0.3) is 0 Å². The zero-order chi connectivity index (χ0) is 10.9. The molecule has 0 fully saturated rings. The molecule has 0 radical (unpaired) electrons. The molecule has 0 saturated heterocycles.